The number of ether oxygens (including phenoxy) is 3. The second-order valence-corrected chi connectivity index (χ2v) is 6.21. The molecule has 0 spiro atoms. The first-order valence-electron chi connectivity index (χ1n) is 8.92. The summed E-state index contributed by atoms with van der Waals surface area (Å²) in [5.74, 6) is 3.03. The van der Waals surface area contributed by atoms with Gasteiger partial charge in [-0.1, -0.05) is 12.1 Å². The lowest BCUT2D eigenvalue weighted by atomic mass is 10.1. The Hall–Kier alpha value is -2.16. The van der Waals surface area contributed by atoms with Crippen molar-refractivity contribution in [3.8, 4) is 17.2 Å². The maximum atomic E-state index is 5.81. The molecule has 0 aromatic heterocycles. The molecule has 2 N–H and O–H groups in total. The molecular formula is C21H30IN3O3. The Morgan fingerprint density at radius 1 is 0.929 bits per heavy atom. The van der Waals surface area contributed by atoms with E-state index in [4.69, 9.17) is 14.2 Å². The third kappa shape index (κ3) is 7.46. The van der Waals surface area contributed by atoms with Gasteiger partial charge in [0.05, 0.1) is 20.8 Å². The summed E-state index contributed by atoms with van der Waals surface area (Å²) in [6, 6.07) is 12.0. The number of methoxy groups -OCH3 is 2. The zero-order chi connectivity index (χ0) is 19.6. The van der Waals surface area contributed by atoms with Gasteiger partial charge in [0.25, 0.3) is 0 Å². The molecule has 7 heteroatoms. The van der Waals surface area contributed by atoms with Crippen molar-refractivity contribution < 1.29 is 14.2 Å². The lowest BCUT2D eigenvalue weighted by Gasteiger charge is -2.14. The average molecular weight is 499 g/mol. The van der Waals surface area contributed by atoms with Crippen LogP contribution in [0.25, 0.3) is 0 Å². The maximum absolute atomic E-state index is 5.81. The van der Waals surface area contributed by atoms with Crippen LogP contribution in [0.4, 0.5) is 0 Å². The van der Waals surface area contributed by atoms with Gasteiger partial charge in [-0.25, -0.2) is 0 Å². The normalized spacial score (nSPS) is 10.7. The number of halogens is 1. The SMILES string of the molecule is CN=C(NCCOc1cc(C)cc(C)c1)NCc1ccc(OC)c(OC)c1.I. The molecule has 2 aromatic rings. The first-order valence-corrected chi connectivity index (χ1v) is 8.92. The van der Waals surface area contributed by atoms with Crippen molar-refractivity contribution >= 4 is 29.9 Å². The second kappa shape index (κ2) is 12.3. The van der Waals surface area contributed by atoms with Crippen LogP contribution in [0.3, 0.4) is 0 Å². The zero-order valence-corrected chi connectivity index (χ0v) is 19.5. The van der Waals surface area contributed by atoms with E-state index in [2.05, 4.69) is 35.5 Å². The molecule has 0 amide bonds. The van der Waals surface area contributed by atoms with Crippen LogP contribution in [0.2, 0.25) is 0 Å². The first-order chi connectivity index (χ1) is 13.0. The highest BCUT2D eigenvalue weighted by Crippen LogP contribution is 2.27. The highest BCUT2D eigenvalue weighted by molar-refractivity contribution is 14.0. The van der Waals surface area contributed by atoms with Crippen molar-refractivity contribution in [3.05, 3.63) is 53.1 Å². The number of guanidine groups is 1. The van der Waals surface area contributed by atoms with Gasteiger partial charge in [-0.2, -0.15) is 0 Å². The second-order valence-electron chi connectivity index (χ2n) is 6.21. The fourth-order valence-corrected chi connectivity index (χ4v) is 2.75. The molecule has 0 saturated heterocycles. The molecule has 154 valence electrons. The van der Waals surface area contributed by atoms with Gasteiger partial charge < -0.3 is 24.8 Å². The van der Waals surface area contributed by atoms with Gasteiger partial charge in [0.15, 0.2) is 17.5 Å². The molecular weight excluding hydrogens is 469 g/mol. The molecule has 0 aliphatic heterocycles. The average Bonchev–Trinajstić information content (AvgIpc) is 2.66. The highest BCUT2D eigenvalue weighted by Gasteiger charge is 2.05. The summed E-state index contributed by atoms with van der Waals surface area (Å²) in [5.41, 5.74) is 3.47. The third-order valence-electron chi connectivity index (χ3n) is 3.99. The Balaban J connectivity index is 0.00000392. The molecule has 28 heavy (non-hydrogen) atoms. The van der Waals surface area contributed by atoms with E-state index in [1.165, 1.54) is 11.1 Å². The summed E-state index contributed by atoms with van der Waals surface area (Å²) in [4.78, 5) is 4.24. The van der Waals surface area contributed by atoms with Crippen molar-refractivity contribution in [3.63, 3.8) is 0 Å². The van der Waals surface area contributed by atoms with E-state index in [0.29, 0.717) is 37.2 Å². The molecule has 0 bridgehead atoms. The summed E-state index contributed by atoms with van der Waals surface area (Å²) in [6.45, 7) is 5.96. The van der Waals surface area contributed by atoms with Gasteiger partial charge in [-0.15, -0.1) is 24.0 Å². The van der Waals surface area contributed by atoms with Gasteiger partial charge in [0.1, 0.15) is 12.4 Å². The number of benzene rings is 2. The number of hydrogen-bond donors (Lipinski definition) is 2. The first kappa shape index (κ1) is 23.9. The monoisotopic (exact) mass is 499 g/mol. The maximum Gasteiger partial charge on any atom is 0.191 e. The predicted octanol–water partition coefficient (Wildman–Crippen LogP) is 3.68. The fraction of sp³-hybridized carbons (Fsp3) is 0.381. The standard InChI is InChI=1S/C21H29N3O3.HI/c1-15-10-16(2)12-18(11-15)27-9-8-23-21(22-3)24-14-17-6-7-19(25-4)20(13-17)26-5;/h6-7,10-13H,8-9,14H2,1-5H3,(H2,22,23,24);1H. The minimum absolute atomic E-state index is 0. The predicted molar refractivity (Wildman–Crippen MR) is 125 cm³/mol. The Labute approximate surface area is 184 Å². The summed E-state index contributed by atoms with van der Waals surface area (Å²) in [7, 11) is 5.00. The molecule has 0 aliphatic carbocycles. The topological polar surface area (TPSA) is 64.1 Å². The largest absolute Gasteiger partial charge is 0.493 e. The van der Waals surface area contributed by atoms with Crippen molar-refractivity contribution in [2.24, 2.45) is 4.99 Å². The Morgan fingerprint density at radius 3 is 2.21 bits per heavy atom. The molecule has 0 heterocycles. The van der Waals surface area contributed by atoms with Crippen LogP contribution >= 0.6 is 24.0 Å². The van der Waals surface area contributed by atoms with Crippen LogP contribution in [0.5, 0.6) is 17.2 Å². The molecule has 0 fully saturated rings. The van der Waals surface area contributed by atoms with Crippen molar-refractivity contribution in [2.75, 3.05) is 34.4 Å². The highest BCUT2D eigenvalue weighted by atomic mass is 127. The summed E-state index contributed by atoms with van der Waals surface area (Å²) < 4.78 is 16.4. The van der Waals surface area contributed by atoms with E-state index < -0.39 is 0 Å². The number of aryl methyl sites for hydroxylation is 2. The number of hydrogen-bond acceptors (Lipinski definition) is 4. The minimum atomic E-state index is 0. The van der Waals surface area contributed by atoms with Crippen LogP contribution in [0, 0.1) is 13.8 Å². The van der Waals surface area contributed by atoms with Crippen LogP contribution < -0.4 is 24.8 Å². The molecule has 0 atom stereocenters. The van der Waals surface area contributed by atoms with E-state index in [-0.39, 0.29) is 24.0 Å². The minimum Gasteiger partial charge on any atom is -0.493 e. The van der Waals surface area contributed by atoms with Crippen molar-refractivity contribution in [2.45, 2.75) is 20.4 Å². The van der Waals surface area contributed by atoms with Gasteiger partial charge in [0, 0.05) is 13.6 Å². The summed E-state index contributed by atoms with van der Waals surface area (Å²) >= 11 is 0. The number of nitrogens with one attached hydrogen (secondary N) is 2. The molecule has 0 aliphatic rings. The van der Waals surface area contributed by atoms with Crippen molar-refractivity contribution in [1.82, 2.24) is 10.6 Å². The Bertz CT molecular complexity index is 761. The lowest BCUT2D eigenvalue weighted by Crippen LogP contribution is -2.38. The van der Waals surface area contributed by atoms with E-state index in [1.54, 1.807) is 21.3 Å². The van der Waals surface area contributed by atoms with Gasteiger partial charge in [-0.3, -0.25) is 4.99 Å². The Morgan fingerprint density at radius 2 is 1.61 bits per heavy atom. The summed E-state index contributed by atoms with van der Waals surface area (Å²) in [5, 5.41) is 6.53. The molecule has 0 saturated carbocycles. The Kier molecular flexibility index (Phi) is 10.5. The quantitative estimate of drug-likeness (QED) is 0.251. The van der Waals surface area contributed by atoms with Crippen LogP contribution in [0.1, 0.15) is 16.7 Å². The van der Waals surface area contributed by atoms with Crippen LogP contribution in [-0.2, 0) is 6.54 Å². The van der Waals surface area contributed by atoms with E-state index in [9.17, 15) is 0 Å². The summed E-state index contributed by atoms with van der Waals surface area (Å²) in [6.07, 6.45) is 0. The fourth-order valence-electron chi connectivity index (χ4n) is 2.75. The molecule has 0 radical (unpaired) electrons. The van der Waals surface area contributed by atoms with Gasteiger partial charge in [0.2, 0.25) is 0 Å². The van der Waals surface area contributed by atoms with E-state index in [0.717, 1.165) is 11.3 Å². The molecule has 6 nitrogen and oxygen atoms in total. The van der Waals surface area contributed by atoms with E-state index >= 15 is 0 Å². The van der Waals surface area contributed by atoms with Crippen LogP contribution in [-0.4, -0.2) is 40.4 Å². The lowest BCUT2D eigenvalue weighted by molar-refractivity contribution is 0.321. The van der Waals surface area contributed by atoms with Crippen molar-refractivity contribution in [1.29, 1.82) is 0 Å². The third-order valence-corrected chi connectivity index (χ3v) is 3.99. The molecule has 0 unspecified atom stereocenters. The van der Waals surface area contributed by atoms with Crippen LogP contribution in [0.15, 0.2) is 41.4 Å². The zero-order valence-electron chi connectivity index (χ0n) is 17.2. The number of aliphatic imine (C=N–C) groups is 1. The van der Waals surface area contributed by atoms with Gasteiger partial charge in [-0.05, 0) is 54.8 Å². The molecule has 2 aromatic carbocycles. The number of rotatable bonds is 8. The number of nitrogens with zero attached hydrogens (tertiary/aromatic N) is 1. The molecule has 2 rings (SSSR count). The van der Waals surface area contributed by atoms with E-state index in [1.807, 2.05) is 30.3 Å². The smallest absolute Gasteiger partial charge is 0.191 e. The van der Waals surface area contributed by atoms with Gasteiger partial charge >= 0.3 is 0 Å².